The van der Waals surface area contributed by atoms with Crippen molar-refractivity contribution >= 4 is 5.69 Å². The zero-order valence-electron chi connectivity index (χ0n) is 10.3. The van der Waals surface area contributed by atoms with Gasteiger partial charge in [0.05, 0.1) is 6.54 Å². The predicted octanol–water partition coefficient (Wildman–Crippen LogP) is 3.55. The third-order valence-electron chi connectivity index (χ3n) is 2.67. The van der Waals surface area contributed by atoms with Crippen molar-refractivity contribution in [2.24, 2.45) is 0 Å². The maximum Gasteiger partial charge on any atom is 0.435 e. The number of anilines is 1. The van der Waals surface area contributed by atoms with E-state index < -0.39 is 30.3 Å². The Morgan fingerprint density at radius 2 is 1.52 bits per heavy atom. The summed E-state index contributed by atoms with van der Waals surface area (Å²) < 4.78 is 76.1. The molecule has 2 rings (SSSR count). The van der Waals surface area contributed by atoms with Crippen LogP contribution in [0, 0.1) is 0 Å². The van der Waals surface area contributed by atoms with E-state index in [4.69, 9.17) is 5.73 Å². The second-order valence-electron chi connectivity index (χ2n) is 4.31. The monoisotopic (exact) mass is 309 g/mol. The maximum absolute atomic E-state index is 12.8. The summed E-state index contributed by atoms with van der Waals surface area (Å²) >= 11 is 0. The SMILES string of the molecule is Nc1ccc(Cn2nc(C(F)(F)F)cc2C(F)(F)F)cc1. The number of hydrogen-bond acceptors (Lipinski definition) is 2. The molecule has 2 aromatic rings. The Balaban J connectivity index is 2.41. The summed E-state index contributed by atoms with van der Waals surface area (Å²) in [5, 5.41) is 3.01. The molecule has 2 N–H and O–H groups in total. The van der Waals surface area contributed by atoms with E-state index in [2.05, 4.69) is 5.10 Å². The molecule has 3 nitrogen and oxygen atoms in total. The fourth-order valence-electron chi connectivity index (χ4n) is 1.70. The van der Waals surface area contributed by atoms with Crippen molar-refractivity contribution in [3.63, 3.8) is 0 Å². The predicted molar refractivity (Wildman–Crippen MR) is 62.2 cm³/mol. The highest BCUT2D eigenvalue weighted by atomic mass is 19.4. The standard InChI is InChI=1S/C12H9F6N3/c13-11(14,15)9-5-10(12(16,17)18)21(20-9)6-7-1-3-8(19)4-2-7/h1-5H,6,19H2. The van der Waals surface area contributed by atoms with Gasteiger partial charge in [0.25, 0.3) is 0 Å². The molecule has 0 aliphatic heterocycles. The number of nitrogens with two attached hydrogens (primary N) is 1. The molecule has 0 aliphatic carbocycles. The van der Waals surface area contributed by atoms with Crippen LogP contribution < -0.4 is 5.73 Å². The summed E-state index contributed by atoms with van der Waals surface area (Å²) in [4.78, 5) is 0. The zero-order valence-corrected chi connectivity index (χ0v) is 10.3. The Labute approximate surface area is 115 Å². The van der Waals surface area contributed by atoms with Crippen LogP contribution in [0.15, 0.2) is 30.3 Å². The van der Waals surface area contributed by atoms with Gasteiger partial charge in [0.15, 0.2) is 5.69 Å². The number of hydrogen-bond donors (Lipinski definition) is 1. The van der Waals surface area contributed by atoms with E-state index in [9.17, 15) is 26.3 Å². The largest absolute Gasteiger partial charge is 0.435 e. The molecule has 0 aliphatic rings. The van der Waals surface area contributed by atoms with E-state index in [0.29, 0.717) is 11.3 Å². The Bertz CT molecular complexity index is 624. The lowest BCUT2D eigenvalue weighted by atomic mass is 10.2. The van der Waals surface area contributed by atoms with Crippen molar-refractivity contribution in [1.82, 2.24) is 9.78 Å². The fraction of sp³-hybridized carbons (Fsp3) is 0.250. The first-order valence-corrected chi connectivity index (χ1v) is 5.64. The van der Waals surface area contributed by atoms with Crippen LogP contribution in [0.1, 0.15) is 17.0 Å². The van der Waals surface area contributed by atoms with Crippen LogP contribution in [0.25, 0.3) is 0 Å². The molecule has 0 amide bonds. The van der Waals surface area contributed by atoms with Crippen molar-refractivity contribution in [3.05, 3.63) is 47.3 Å². The van der Waals surface area contributed by atoms with Crippen LogP contribution in [-0.4, -0.2) is 9.78 Å². The Morgan fingerprint density at radius 3 is 2.00 bits per heavy atom. The van der Waals surface area contributed by atoms with Gasteiger partial charge in [0, 0.05) is 11.8 Å². The van der Waals surface area contributed by atoms with Gasteiger partial charge in [-0.3, -0.25) is 4.68 Å². The third kappa shape index (κ3) is 3.47. The molecule has 0 fully saturated rings. The summed E-state index contributed by atoms with van der Waals surface area (Å²) in [7, 11) is 0. The number of nitrogens with zero attached hydrogens (tertiary/aromatic N) is 2. The molecule has 0 saturated carbocycles. The number of alkyl halides is 6. The summed E-state index contributed by atoms with van der Waals surface area (Å²) in [6, 6.07) is 5.72. The van der Waals surface area contributed by atoms with Gasteiger partial charge >= 0.3 is 12.4 Å². The number of aromatic nitrogens is 2. The van der Waals surface area contributed by atoms with E-state index in [1.807, 2.05) is 0 Å². The zero-order chi connectivity index (χ0) is 15.8. The van der Waals surface area contributed by atoms with Crippen LogP contribution in [0.2, 0.25) is 0 Å². The molecule has 0 radical (unpaired) electrons. The highest BCUT2D eigenvalue weighted by molar-refractivity contribution is 5.39. The molecule has 0 atom stereocenters. The van der Waals surface area contributed by atoms with E-state index in [1.165, 1.54) is 24.3 Å². The molecule has 0 unspecified atom stereocenters. The summed E-state index contributed by atoms with van der Waals surface area (Å²) in [6.45, 7) is -0.439. The van der Waals surface area contributed by atoms with Crippen LogP contribution in [0.4, 0.5) is 32.0 Å². The Hall–Kier alpha value is -2.19. The van der Waals surface area contributed by atoms with E-state index >= 15 is 0 Å². The summed E-state index contributed by atoms with van der Waals surface area (Å²) in [5.41, 5.74) is 3.15. The van der Waals surface area contributed by atoms with E-state index in [1.54, 1.807) is 0 Å². The number of rotatable bonds is 2. The molecule has 114 valence electrons. The summed E-state index contributed by atoms with van der Waals surface area (Å²) in [5.74, 6) is 0. The van der Waals surface area contributed by atoms with E-state index in [0.717, 1.165) is 0 Å². The fourth-order valence-corrected chi connectivity index (χ4v) is 1.70. The quantitative estimate of drug-likeness (QED) is 0.681. The van der Waals surface area contributed by atoms with E-state index in [-0.39, 0.29) is 10.7 Å². The maximum atomic E-state index is 12.8. The van der Waals surface area contributed by atoms with Crippen LogP contribution in [0.3, 0.4) is 0 Å². The van der Waals surface area contributed by atoms with Gasteiger partial charge < -0.3 is 5.73 Å². The lowest BCUT2D eigenvalue weighted by Gasteiger charge is -2.10. The van der Waals surface area contributed by atoms with Gasteiger partial charge in [0.1, 0.15) is 5.69 Å². The average Bonchev–Trinajstić information content (AvgIpc) is 2.75. The molecule has 21 heavy (non-hydrogen) atoms. The molecule has 0 bridgehead atoms. The van der Waals surface area contributed by atoms with Crippen molar-refractivity contribution in [1.29, 1.82) is 0 Å². The van der Waals surface area contributed by atoms with Crippen molar-refractivity contribution in [2.45, 2.75) is 18.9 Å². The molecule has 1 aromatic heterocycles. The lowest BCUT2D eigenvalue weighted by molar-refractivity contribution is -0.144. The lowest BCUT2D eigenvalue weighted by Crippen LogP contribution is -2.15. The van der Waals surface area contributed by atoms with Crippen LogP contribution in [0.5, 0.6) is 0 Å². The molecule has 9 heteroatoms. The first-order chi connectivity index (χ1) is 9.57. The van der Waals surface area contributed by atoms with Crippen LogP contribution >= 0.6 is 0 Å². The second kappa shape index (κ2) is 4.97. The first kappa shape index (κ1) is 15.2. The number of benzene rings is 1. The minimum atomic E-state index is -4.94. The first-order valence-electron chi connectivity index (χ1n) is 5.64. The van der Waals surface area contributed by atoms with Crippen molar-refractivity contribution < 1.29 is 26.3 Å². The minimum Gasteiger partial charge on any atom is -0.399 e. The minimum absolute atomic E-state index is 0.00268. The van der Waals surface area contributed by atoms with Crippen molar-refractivity contribution in [2.75, 3.05) is 5.73 Å². The highest BCUT2D eigenvalue weighted by Crippen LogP contribution is 2.35. The van der Waals surface area contributed by atoms with Gasteiger partial charge in [0.2, 0.25) is 0 Å². The average molecular weight is 309 g/mol. The molecular weight excluding hydrogens is 300 g/mol. The smallest absolute Gasteiger partial charge is 0.399 e. The van der Waals surface area contributed by atoms with Gasteiger partial charge in [-0.15, -0.1) is 0 Å². The topological polar surface area (TPSA) is 43.8 Å². The number of nitrogen functional groups attached to an aromatic ring is 1. The molecule has 0 saturated heterocycles. The van der Waals surface area contributed by atoms with Crippen LogP contribution in [-0.2, 0) is 18.9 Å². The highest BCUT2D eigenvalue weighted by Gasteiger charge is 2.41. The second-order valence-corrected chi connectivity index (χ2v) is 4.31. The van der Waals surface area contributed by atoms with Gasteiger partial charge in [-0.1, -0.05) is 12.1 Å². The molecule has 1 heterocycles. The molecule has 1 aromatic carbocycles. The van der Waals surface area contributed by atoms with Crippen molar-refractivity contribution in [3.8, 4) is 0 Å². The molecular formula is C12H9F6N3. The van der Waals surface area contributed by atoms with Gasteiger partial charge in [-0.05, 0) is 17.7 Å². The normalized spacial score (nSPS) is 12.7. The Kier molecular flexibility index (Phi) is 3.60. The van der Waals surface area contributed by atoms with Gasteiger partial charge in [-0.2, -0.15) is 31.4 Å². The molecule has 0 spiro atoms. The number of halogens is 6. The Morgan fingerprint density at radius 1 is 0.952 bits per heavy atom. The third-order valence-corrected chi connectivity index (χ3v) is 2.67. The summed E-state index contributed by atoms with van der Waals surface area (Å²) in [6.07, 6.45) is -9.86. The van der Waals surface area contributed by atoms with Gasteiger partial charge in [-0.25, -0.2) is 0 Å².